The molecule has 2 heterocycles. The number of nitrogens with zero attached hydrogens (tertiary/aromatic N) is 2. The number of carbonyl (C=O) groups excluding carboxylic acids is 1. The molecule has 0 bridgehead atoms. The van der Waals surface area contributed by atoms with Gasteiger partial charge in [0, 0.05) is 31.6 Å². The Morgan fingerprint density at radius 3 is 2.68 bits per heavy atom. The van der Waals surface area contributed by atoms with Crippen LogP contribution in [0.3, 0.4) is 0 Å². The van der Waals surface area contributed by atoms with E-state index in [1.165, 1.54) is 12.1 Å². The van der Waals surface area contributed by atoms with Gasteiger partial charge in [-0.2, -0.15) is 0 Å². The number of hydrogen-bond donors (Lipinski definition) is 1. The highest BCUT2D eigenvalue weighted by Gasteiger charge is 2.17. The van der Waals surface area contributed by atoms with Gasteiger partial charge in [-0.25, -0.2) is 9.18 Å². The fourth-order valence-electron chi connectivity index (χ4n) is 3.73. The molecule has 28 heavy (non-hydrogen) atoms. The molecule has 2 aromatic carbocycles. The zero-order valence-electron chi connectivity index (χ0n) is 15.5. The number of imidazole rings is 1. The number of hydrogen-bond acceptors (Lipinski definition) is 3. The number of carbonyl (C=O) groups is 1. The van der Waals surface area contributed by atoms with Gasteiger partial charge in [-0.3, -0.25) is 14.3 Å². The largest absolute Gasteiger partial charge is 0.330 e. The van der Waals surface area contributed by atoms with Gasteiger partial charge in [-0.15, -0.1) is 0 Å². The molecule has 1 aliphatic rings. The summed E-state index contributed by atoms with van der Waals surface area (Å²) in [7, 11) is 0. The topological polar surface area (TPSA) is 58.1 Å². The van der Waals surface area contributed by atoms with Crippen LogP contribution in [-0.4, -0.2) is 39.9 Å². The van der Waals surface area contributed by atoms with E-state index in [0.29, 0.717) is 12.8 Å². The van der Waals surface area contributed by atoms with Crippen molar-refractivity contribution in [3.63, 3.8) is 0 Å². The summed E-state index contributed by atoms with van der Waals surface area (Å²) in [4.78, 5) is 29.6. The zero-order valence-corrected chi connectivity index (χ0v) is 15.5. The smallest absolute Gasteiger partial charge is 0.305 e. The van der Waals surface area contributed by atoms with E-state index in [1.54, 1.807) is 16.7 Å². The van der Waals surface area contributed by atoms with E-state index in [9.17, 15) is 14.0 Å². The first-order valence-corrected chi connectivity index (χ1v) is 9.53. The normalized spacial score (nSPS) is 15.0. The summed E-state index contributed by atoms with van der Waals surface area (Å²) in [5.74, 6) is -0.612. The maximum atomic E-state index is 13.7. The predicted molar refractivity (Wildman–Crippen MR) is 108 cm³/mol. The van der Waals surface area contributed by atoms with Crippen molar-refractivity contribution in [2.45, 2.75) is 19.3 Å². The Balaban J connectivity index is 1.36. The molecule has 0 saturated heterocycles. The van der Waals surface area contributed by atoms with Crippen molar-refractivity contribution in [1.82, 2.24) is 14.5 Å². The standard InChI is InChI=1S/C22H22FN3O2/c23-18-7-2-1-6-17(18)21(27)10-5-13-25-14-11-16(12-15-25)26-20-9-4-3-8-19(20)24-22(26)28/h1-4,6-9,11H,5,10,12-15H2,(H,24,28). The Bertz CT molecular complexity index is 1100. The predicted octanol–water partition coefficient (Wildman–Crippen LogP) is 3.68. The average Bonchev–Trinajstić information content (AvgIpc) is 3.04. The maximum absolute atomic E-state index is 13.7. The van der Waals surface area contributed by atoms with Crippen molar-refractivity contribution in [3.8, 4) is 0 Å². The summed E-state index contributed by atoms with van der Waals surface area (Å²) in [5, 5.41) is 0. The number of aromatic amines is 1. The molecule has 0 saturated carbocycles. The summed E-state index contributed by atoms with van der Waals surface area (Å²) in [6.45, 7) is 2.33. The van der Waals surface area contributed by atoms with E-state index in [2.05, 4.69) is 16.0 Å². The fraction of sp³-hybridized carbons (Fsp3) is 0.273. The lowest BCUT2D eigenvalue weighted by atomic mass is 10.1. The van der Waals surface area contributed by atoms with Crippen molar-refractivity contribution in [2.75, 3.05) is 19.6 Å². The van der Waals surface area contributed by atoms with Crippen LogP contribution in [0.4, 0.5) is 4.39 Å². The number of halogens is 1. The lowest BCUT2D eigenvalue weighted by molar-refractivity contribution is 0.0971. The molecular weight excluding hydrogens is 357 g/mol. The Kier molecular flexibility index (Phi) is 5.21. The molecule has 5 nitrogen and oxygen atoms in total. The number of H-pyrrole nitrogens is 1. The van der Waals surface area contributed by atoms with Crippen molar-refractivity contribution in [2.24, 2.45) is 0 Å². The van der Waals surface area contributed by atoms with Gasteiger partial charge in [-0.05, 0) is 37.2 Å². The molecule has 0 aliphatic carbocycles. The fourth-order valence-corrected chi connectivity index (χ4v) is 3.73. The van der Waals surface area contributed by atoms with Gasteiger partial charge in [-0.1, -0.05) is 30.3 Å². The quantitative estimate of drug-likeness (QED) is 0.665. The third kappa shape index (κ3) is 3.68. The van der Waals surface area contributed by atoms with Gasteiger partial charge in [0.15, 0.2) is 5.78 Å². The Morgan fingerprint density at radius 1 is 1.11 bits per heavy atom. The van der Waals surface area contributed by atoms with Gasteiger partial charge in [0.2, 0.25) is 0 Å². The van der Waals surface area contributed by atoms with E-state index in [0.717, 1.165) is 42.8 Å². The second-order valence-electron chi connectivity index (χ2n) is 7.04. The second-order valence-corrected chi connectivity index (χ2v) is 7.04. The molecule has 3 aromatic rings. The summed E-state index contributed by atoms with van der Waals surface area (Å²) < 4.78 is 15.4. The van der Waals surface area contributed by atoms with E-state index in [4.69, 9.17) is 0 Å². The molecule has 6 heteroatoms. The van der Waals surface area contributed by atoms with Crippen LogP contribution in [0.1, 0.15) is 29.6 Å². The second kappa shape index (κ2) is 7.94. The highest BCUT2D eigenvalue weighted by molar-refractivity contribution is 5.96. The minimum absolute atomic E-state index is 0.114. The third-order valence-corrected chi connectivity index (χ3v) is 5.20. The molecule has 0 spiro atoms. The summed E-state index contributed by atoms with van der Waals surface area (Å²) in [6.07, 6.45) is 3.85. The van der Waals surface area contributed by atoms with Gasteiger partial charge >= 0.3 is 5.69 Å². The molecule has 1 N–H and O–H groups in total. The molecule has 4 rings (SSSR count). The molecule has 1 aliphatic heterocycles. The molecule has 0 atom stereocenters. The molecule has 144 valence electrons. The van der Waals surface area contributed by atoms with E-state index in [1.807, 2.05) is 24.3 Å². The van der Waals surface area contributed by atoms with Crippen molar-refractivity contribution in [3.05, 3.63) is 76.5 Å². The molecular formula is C22H22FN3O2. The monoisotopic (exact) mass is 379 g/mol. The SMILES string of the molecule is O=C(CCCN1CC=C(n2c(=O)[nH]c3ccccc32)CC1)c1ccccc1F. The number of rotatable bonds is 6. The van der Waals surface area contributed by atoms with Crippen LogP contribution < -0.4 is 5.69 Å². The first-order chi connectivity index (χ1) is 13.6. The van der Waals surface area contributed by atoms with Crippen LogP contribution in [0.5, 0.6) is 0 Å². The summed E-state index contributed by atoms with van der Waals surface area (Å²) in [5.41, 5.74) is 2.78. The Hall–Kier alpha value is -2.99. The number of fused-ring (bicyclic) bond motifs is 1. The average molecular weight is 379 g/mol. The molecule has 0 radical (unpaired) electrons. The van der Waals surface area contributed by atoms with Gasteiger partial charge in [0.25, 0.3) is 0 Å². The summed E-state index contributed by atoms with van der Waals surface area (Å²) >= 11 is 0. The minimum Gasteiger partial charge on any atom is -0.305 e. The van der Waals surface area contributed by atoms with Crippen LogP contribution in [0.2, 0.25) is 0 Å². The lowest BCUT2D eigenvalue weighted by Crippen LogP contribution is -2.32. The zero-order chi connectivity index (χ0) is 19.5. The Morgan fingerprint density at radius 2 is 1.89 bits per heavy atom. The van der Waals surface area contributed by atoms with Crippen LogP contribution in [0.25, 0.3) is 16.7 Å². The van der Waals surface area contributed by atoms with Crippen LogP contribution in [0, 0.1) is 5.82 Å². The van der Waals surface area contributed by atoms with E-state index < -0.39 is 5.82 Å². The van der Waals surface area contributed by atoms with E-state index >= 15 is 0 Å². The highest BCUT2D eigenvalue weighted by atomic mass is 19.1. The number of benzene rings is 2. The molecule has 1 aromatic heterocycles. The number of aromatic nitrogens is 2. The van der Waals surface area contributed by atoms with Crippen LogP contribution in [0.15, 0.2) is 59.4 Å². The third-order valence-electron chi connectivity index (χ3n) is 5.20. The summed E-state index contributed by atoms with van der Waals surface area (Å²) in [6, 6.07) is 13.8. The van der Waals surface area contributed by atoms with Crippen molar-refractivity contribution in [1.29, 1.82) is 0 Å². The van der Waals surface area contributed by atoms with Crippen molar-refractivity contribution < 1.29 is 9.18 Å². The molecule has 0 fully saturated rings. The minimum atomic E-state index is -0.456. The first kappa shape index (κ1) is 18.4. The van der Waals surface area contributed by atoms with Gasteiger partial charge in [0.1, 0.15) is 5.82 Å². The number of ketones is 1. The van der Waals surface area contributed by atoms with Gasteiger partial charge < -0.3 is 4.98 Å². The molecule has 0 unspecified atom stereocenters. The Labute approximate surface area is 162 Å². The number of Topliss-reactive ketones (excluding diaryl/α,β-unsaturated/α-hetero) is 1. The van der Waals surface area contributed by atoms with Crippen LogP contribution in [-0.2, 0) is 0 Å². The number of para-hydroxylation sites is 2. The van der Waals surface area contributed by atoms with E-state index in [-0.39, 0.29) is 17.0 Å². The van der Waals surface area contributed by atoms with Crippen molar-refractivity contribution >= 4 is 22.5 Å². The number of nitrogens with one attached hydrogen (secondary N) is 1. The lowest BCUT2D eigenvalue weighted by Gasteiger charge is -2.26. The highest BCUT2D eigenvalue weighted by Crippen LogP contribution is 2.20. The maximum Gasteiger partial charge on any atom is 0.330 e. The van der Waals surface area contributed by atoms with Crippen LogP contribution >= 0.6 is 0 Å². The molecule has 0 amide bonds. The van der Waals surface area contributed by atoms with Gasteiger partial charge in [0.05, 0.1) is 16.6 Å². The first-order valence-electron chi connectivity index (χ1n) is 9.53.